The number of aromatic amines is 1. The van der Waals surface area contributed by atoms with E-state index >= 15 is 0 Å². The monoisotopic (exact) mass is 384 g/mol. The highest BCUT2D eigenvalue weighted by molar-refractivity contribution is 5.67. The van der Waals surface area contributed by atoms with E-state index in [0.717, 1.165) is 59.8 Å². The Hall–Kier alpha value is -3.53. The van der Waals surface area contributed by atoms with Gasteiger partial charge < -0.3 is 15.2 Å². The largest absolute Gasteiger partial charge is 0.390 e. The molecule has 1 heterocycles. The maximum absolute atomic E-state index is 4.33. The van der Waals surface area contributed by atoms with Gasteiger partial charge in [0.15, 0.2) is 0 Å². The summed E-state index contributed by atoms with van der Waals surface area (Å²) in [5, 5.41) is 3.17. The van der Waals surface area contributed by atoms with Gasteiger partial charge in [-0.2, -0.15) is 0 Å². The molecule has 2 N–H and O–H groups in total. The lowest BCUT2D eigenvalue weighted by Crippen LogP contribution is -2.30. The van der Waals surface area contributed by atoms with E-state index in [1.54, 1.807) is 12.4 Å². The van der Waals surface area contributed by atoms with Gasteiger partial charge in [0.25, 0.3) is 0 Å². The Bertz CT molecular complexity index is 925. The molecule has 3 rings (SSSR count). The first-order valence-corrected chi connectivity index (χ1v) is 9.80. The fraction of sp³-hybridized carbons (Fsp3) is 0.160. The Kier molecular flexibility index (Phi) is 7.06. The Morgan fingerprint density at radius 3 is 2.41 bits per heavy atom. The molecule has 0 spiro atoms. The lowest BCUT2D eigenvalue weighted by atomic mass is 10.0. The lowest BCUT2D eigenvalue weighted by molar-refractivity contribution is 0.408. The maximum atomic E-state index is 4.33. The highest BCUT2D eigenvalue weighted by Crippen LogP contribution is 2.23. The number of nitrogens with zero attached hydrogens (tertiary/aromatic N) is 2. The predicted molar refractivity (Wildman–Crippen MR) is 123 cm³/mol. The van der Waals surface area contributed by atoms with Crippen LogP contribution < -0.4 is 5.32 Å². The molecule has 29 heavy (non-hydrogen) atoms. The van der Waals surface area contributed by atoms with E-state index in [-0.39, 0.29) is 0 Å². The zero-order valence-corrected chi connectivity index (χ0v) is 16.8. The minimum Gasteiger partial charge on any atom is -0.390 e. The summed E-state index contributed by atoms with van der Waals surface area (Å²) in [6.45, 7) is 14.9. The second-order valence-corrected chi connectivity index (χ2v) is 6.83. The first-order chi connectivity index (χ1) is 14.2. The van der Waals surface area contributed by atoms with Crippen molar-refractivity contribution in [2.75, 3.05) is 19.6 Å². The molecule has 0 bridgehead atoms. The van der Waals surface area contributed by atoms with Crippen LogP contribution in [-0.2, 0) is 0 Å². The van der Waals surface area contributed by atoms with Crippen LogP contribution >= 0.6 is 0 Å². The highest BCUT2D eigenvalue weighted by atomic mass is 15.1. The third-order valence-electron chi connectivity index (χ3n) is 4.91. The predicted octanol–water partition coefficient (Wildman–Crippen LogP) is 5.19. The fourth-order valence-electron chi connectivity index (χ4n) is 3.20. The Morgan fingerprint density at radius 1 is 1.00 bits per heavy atom. The van der Waals surface area contributed by atoms with E-state index in [2.05, 4.69) is 76.3 Å². The Morgan fingerprint density at radius 2 is 1.76 bits per heavy atom. The summed E-state index contributed by atoms with van der Waals surface area (Å²) >= 11 is 0. The average Bonchev–Trinajstić information content (AvgIpc) is 3.31. The SMILES string of the molecule is C=CNCCN(CCC(=C)c1ccc(-c2ncc[nH]2)cc1)C(=C)c1ccccc1. The first kappa shape index (κ1) is 20.2. The number of benzene rings is 2. The van der Waals surface area contributed by atoms with E-state index in [0.29, 0.717) is 0 Å². The van der Waals surface area contributed by atoms with Gasteiger partial charge in [0.2, 0.25) is 0 Å². The lowest BCUT2D eigenvalue weighted by Gasteiger charge is -2.27. The summed E-state index contributed by atoms with van der Waals surface area (Å²) in [5.74, 6) is 0.877. The molecule has 4 nitrogen and oxygen atoms in total. The van der Waals surface area contributed by atoms with Crippen molar-refractivity contribution in [2.24, 2.45) is 0 Å². The van der Waals surface area contributed by atoms with Crippen molar-refractivity contribution in [3.05, 3.63) is 104 Å². The van der Waals surface area contributed by atoms with Gasteiger partial charge >= 0.3 is 0 Å². The molecular formula is C25H28N4. The fourth-order valence-corrected chi connectivity index (χ4v) is 3.20. The van der Waals surface area contributed by atoms with Gasteiger partial charge in [0.1, 0.15) is 5.82 Å². The van der Waals surface area contributed by atoms with Crippen LogP contribution in [0.4, 0.5) is 0 Å². The maximum Gasteiger partial charge on any atom is 0.137 e. The summed E-state index contributed by atoms with van der Waals surface area (Å²) in [6.07, 6.45) is 6.18. The van der Waals surface area contributed by atoms with Crippen LogP contribution in [0, 0.1) is 0 Å². The highest BCUT2D eigenvalue weighted by Gasteiger charge is 2.11. The molecule has 0 aliphatic heterocycles. The number of hydrogen-bond donors (Lipinski definition) is 2. The zero-order chi connectivity index (χ0) is 20.5. The van der Waals surface area contributed by atoms with Crippen LogP contribution in [0.1, 0.15) is 17.5 Å². The van der Waals surface area contributed by atoms with Crippen LogP contribution in [0.15, 0.2) is 92.9 Å². The second-order valence-electron chi connectivity index (χ2n) is 6.83. The molecule has 0 fully saturated rings. The summed E-state index contributed by atoms with van der Waals surface area (Å²) in [4.78, 5) is 9.73. The Balaban J connectivity index is 1.63. The molecule has 3 aromatic rings. The minimum atomic E-state index is 0.819. The van der Waals surface area contributed by atoms with Gasteiger partial charge in [-0.1, -0.05) is 74.3 Å². The molecule has 0 atom stereocenters. The molecule has 0 saturated carbocycles. The average molecular weight is 385 g/mol. The van der Waals surface area contributed by atoms with Gasteiger partial charge in [-0.15, -0.1) is 0 Å². The molecule has 1 aromatic heterocycles. The van der Waals surface area contributed by atoms with Crippen molar-refractivity contribution in [1.82, 2.24) is 20.2 Å². The van der Waals surface area contributed by atoms with Crippen LogP contribution in [-0.4, -0.2) is 34.5 Å². The van der Waals surface area contributed by atoms with Crippen LogP contribution in [0.25, 0.3) is 22.7 Å². The molecule has 148 valence electrons. The smallest absolute Gasteiger partial charge is 0.137 e. The molecular weight excluding hydrogens is 356 g/mol. The molecule has 0 unspecified atom stereocenters. The summed E-state index contributed by atoms with van der Waals surface area (Å²) in [6, 6.07) is 18.7. The molecule has 0 saturated heterocycles. The van der Waals surface area contributed by atoms with Crippen molar-refractivity contribution in [3.8, 4) is 11.4 Å². The van der Waals surface area contributed by atoms with Crippen LogP contribution in [0.3, 0.4) is 0 Å². The number of H-pyrrole nitrogens is 1. The van der Waals surface area contributed by atoms with Crippen LogP contribution in [0.2, 0.25) is 0 Å². The van der Waals surface area contributed by atoms with E-state index in [1.165, 1.54) is 0 Å². The summed E-state index contributed by atoms with van der Waals surface area (Å²) in [7, 11) is 0. The van der Waals surface area contributed by atoms with E-state index in [1.807, 2.05) is 24.4 Å². The second kappa shape index (κ2) is 10.1. The van der Waals surface area contributed by atoms with Gasteiger partial charge in [-0.05, 0) is 29.3 Å². The molecule has 0 amide bonds. The van der Waals surface area contributed by atoms with Gasteiger partial charge in [-0.3, -0.25) is 0 Å². The first-order valence-electron chi connectivity index (χ1n) is 9.80. The van der Waals surface area contributed by atoms with E-state index in [9.17, 15) is 0 Å². The van der Waals surface area contributed by atoms with E-state index < -0.39 is 0 Å². The van der Waals surface area contributed by atoms with Crippen molar-refractivity contribution >= 4 is 11.3 Å². The number of imidazole rings is 1. The quantitative estimate of drug-likeness (QED) is 0.447. The number of aromatic nitrogens is 2. The Labute approximate surface area is 173 Å². The van der Waals surface area contributed by atoms with Gasteiger partial charge in [0.05, 0.1) is 0 Å². The van der Waals surface area contributed by atoms with Crippen molar-refractivity contribution in [1.29, 1.82) is 0 Å². The topological polar surface area (TPSA) is 44.0 Å². The third kappa shape index (κ3) is 5.48. The standard InChI is InChI=1S/C25H28N4/c1-4-26-17-19-29(21(3)23-8-6-5-7-9-23)18-14-20(2)22-10-12-24(13-11-22)25-27-15-16-28-25/h4-13,15-16,26H,1-3,14,17-19H2,(H,27,28). The van der Waals surface area contributed by atoms with Gasteiger partial charge in [0, 0.05) is 43.3 Å². The molecule has 0 radical (unpaired) electrons. The normalized spacial score (nSPS) is 10.3. The van der Waals surface area contributed by atoms with Crippen molar-refractivity contribution in [2.45, 2.75) is 6.42 Å². The minimum absolute atomic E-state index is 0.819. The number of rotatable bonds is 11. The van der Waals surface area contributed by atoms with Crippen molar-refractivity contribution in [3.63, 3.8) is 0 Å². The molecule has 2 aromatic carbocycles. The summed E-state index contributed by atoms with van der Waals surface area (Å²) in [5.41, 5.74) is 5.49. The zero-order valence-electron chi connectivity index (χ0n) is 16.8. The van der Waals surface area contributed by atoms with Crippen LogP contribution in [0.5, 0.6) is 0 Å². The molecule has 4 heteroatoms. The number of nitrogens with one attached hydrogen (secondary N) is 2. The molecule has 0 aliphatic rings. The molecule has 0 aliphatic carbocycles. The number of hydrogen-bond acceptors (Lipinski definition) is 3. The van der Waals surface area contributed by atoms with E-state index in [4.69, 9.17) is 0 Å². The van der Waals surface area contributed by atoms with Crippen molar-refractivity contribution < 1.29 is 0 Å². The van der Waals surface area contributed by atoms with Gasteiger partial charge in [-0.25, -0.2) is 4.98 Å². The third-order valence-corrected chi connectivity index (χ3v) is 4.91. The summed E-state index contributed by atoms with van der Waals surface area (Å²) < 4.78 is 0.